The summed E-state index contributed by atoms with van der Waals surface area (Å²) in [7, 11) is -0.577. The molecule has 1 fully saturated rings. The van der Waals surface area contributed by atoms with Gasteiger partial charge in [0.2, 0.25) is 0 Å². The van der Waals surface area contributed by atoms with Crippen LogP contribution in [0.1, 0.15) is 54.0 Å². The van der Waals surface area contributed by atoms with Crippen molar-refractivity contribution in [2.75, 3.05) is 6.54 Å². The van der Waals surface area contributed by atoms with Crippen LogP contribution in [-0.2, 0) is 14.0 Å². The van der Waals surface area contributed by atoms with Crippen LogP contribution >= 0.6 is 0 Å². The highest BCUT2D eigenvalue weighted by atomic mass is 16.7. The van der Waals surface area contributed by atoms with E-state index in [0.29, 0.717) is 0 Å². The molecule has 2 heterocycles. The third-order valence-corrected chi connectivity index (χ3v) is 5.47. The number of ether oxygens (including phenoxy) is 1. The molecule has 31 heavy (non-hydrogen) atoms. The molecule has 0 spiro atoms. The second kappa shape index (κ2) is 8.51. The second-order valence-electron chi connectivity index (χ2n) is 9.76. The van der Waals surface area contributed by atoms with Crippen molar-refractivity contribution < 1.29 is 18.8 Å². The normalized spacial score (nSPS) is 18.2. The van der Waals surface area contributed by atoms with E-state index in [-0.39, 0.29) is 6.54 Å². The molecule has 166 valence electrons. The Morgan fingerprint density at radius 1 is 1.13 bits per heavy atom. The Labute approximate surface area is 184 Å². The predicted octanol–water partition coefficient (Wildman–Crippen LogP) is 4.62. The standard InChI is InChI=1S/C23H32BN3O4/c1-21(2,3)29-20(28)25-15-18(24-30-22(4,5)23(6,7)31-24)14-16-8-10-17(11-9-16)19-12-13-26-27-19/h8-14H,15H2,1-7H3,(H,25,28)(H,26,27). The van der Waals surface area contributed by atoms with Gasteiger partial charge in [-0.1, -0.05) is 30.3 Å². The van der Waals surface area contributed by atoms with Crippen LogP contribution in [0.5, 0.6) is 0 Å². The number of amides is 1. The molecule has 0 bridgehead atoms. The van der Waals surface area contributed by atoms with Gasteiger partial charge in [0.25, 0.3) is 0 Å². The molecule has 0 saturated carbocycles. The number of benzene rings is 1. The van der Waals surface area contributed by atoms with Gasteiger partial charge in [0, 0.05) is 12.7 Å². The topological polar surface area (TPSA) is 85.5 Å². The van der Waals surface area contributed by atoms with Crippen LogP contribution in [0.15, 0.2) is 42.0 Å². The molecule has 1 aliphatic rings. The van der Waals surface area contributed by atoms with Crippen molar-refractivity contribution in [3.63, 3.8) is 0 Å². The summed E-state index contributed by atoms with van der Waals surface area (Å²) in [6.07, 6.45) is 3.22. The van der Waals surface area contributed by atoms with Gasteiger partial charge in [-0.3, -0.25) is 5.10 Å². The van der Waals surface area contributed by atoms with Gasteiger partial charge >= 0.3 is 13.2 Å². The lowest BCUT2D eigenvalue weighted by atomic mass is 9.77. The molecule has 0 aliphatic carbocycles. The SMILES string of the molecule is CC(C)(C)OC(=O)NCC(=Cc1ccc(-c2ccn[nH]2)cc1)B1OC(C)(C)C(C)(C)O1. The summed E-state index contributed by atoms with van der Waals surface area (Å²) in [5.74, 6) is 0. The minimum absolute atomic E-state index is 0.244. The van der Waals surface area contributed by atoms with Crippen molar-refractivity contribution in [1.82, 2.24) is 15.5 Å². The first-order chi connectivity index (χ1) is 14.4. The molecule has 0 radical (unpaired) electrons. The first-order valence-corrected chi connectivity index (χ1v) is 10.5. The summed E-state index contributed by atoms with van der Waals surface area (Å²) >= 11 is 0. The van der Waals surface area contributed by atoms with Crippen molar-refractivity contribution in [3.05, 3.63) is 47.6 Å². The summed E-state index contributed by atoms with van der Waals surface area (Å²) in [5, 5.41) is 9.78. The van der Waals surface area contributed by atoms with E-state index in [1.165, 1.54) is 0 Å². The van der Waals surface area contributed by atoms with Crippen LogP contribution < -0.4 is 5.32 Å². The van der Waals surface area contributed by atoms with Crippen LogP contribution in [0.4, 0.5) is 4.79 Å². The highest BCUT2D eigenvalue weighted by Gasteiger charge is 2.52. The van der Waals surface area contributed by atoms with E-state index < -0.39 is 30.0 Å². The third-order valence-electron chi connectivity index (χ3n) is 5.47. The number of aromatic amines is 1. The van der Waals surface area contributed by atoms with E-state index in [1.54, 1.807) is 6.20 Å². The molecule has 0 atom stereocenters. The van der Waals surface area contributed by atoms with Gasteiger partial charge in [-0.05, 0) is 71.1 Å². The van der Waals surface area contributed by atoms with Crippen LogP contribution in [0.2, 0.25) is 0 Å². The molecule has 7 nitrogen and oxygen atoms in total. The zero-order valence-electron chi connectivity index (χ0n) is 19.4. The van der Waals surface area contributed by atoms with Crippen LogP contribution in [0.3, 0.4) is 0 Å². The Morgan fingerprint density at radius 2 is 1.74 bits per heavy atom. The zero-order valence-corrected chi connectivity index (χ0v) is 19.4. The lowest BCUT2D eigenvalue weighted by Gasteiger charge is -2.32. The maximum atomic E-state index is 12.2. The largest absolute Gasteiger partial charge is 0.492 e. The smallest absolute Gasteiger partial charge is 0.444 e. The summed E-state index contributed by atoms with van der Waals surface area (Å²) in [6, 6.07) is 9.97. The summed E-state index contributed by atoms with van der Waals surface area (Å²) in [5.41, 5.74) is 2.24. The number of rotatable bonds is 5. The molecular formula is C23H32BN3O4. The minimum Gasteiger partial charge on any atom is -0.444 e. The molecule has 1 amide bonds. The van der Waals surface area contributed by atoms with E-state index in [9.17, 15) is 4.79 Å². The fourth-order valence-corrected chi connectivity index (χ4v) is 3.07. The van der Waals surface area contributed by atoms with Crippen LogP contribution in [-0.4, -0.2) is 46.8 Å². The van der Waals surface area contributed by atoms with Gasteiger partial charge in [0.15, 0.2) is 0 Å². The second-order valence-corrected chi connectivity index (χ2v) is 9.76. The maximum Gasteiger partial charge on any atom is 0.492 e. The number of nitrogens with zero attached hydrogens (tertiary/aromatic N) is 1. The third kappa shape index (κ3) is 5.77. The lowest BCUT2D eigenvalue weighted by molar-refractivity contribution is 0.00578. The van der Waals surface area contributed by atoms with E-state index in [2.05, 4.69) is 15.5 Å². The van der Waals surface area contributed by atoms with Crippen LogP contribution in [0.25, 0.3) is 17.3 Å². The molecule has 3 rings (SSSR count). The Kier molecular flexibility index (Phi) is 6.34. The molecule has 1 aliphatic heterocycles. The summed E-state index contributed by atoms with van der Waals surface area (Å²) in [6.45, 7) is 13.8. The van der Waals surface area contributed by atoms with Gasteiger partial charge in [-0.2, -0.15) is 5.10 Å². The minimum atomic E-state index is -0.577. The van der Waals surface area contributed by atoms with E-state index in [1.807, 2.05) is 84.9 Å². The fourth-order valence-electron chi connectivity index (χ4n) is 3.07. The molecule has 2 N–H and O–H groups in total. The number of carbonyl (C=O) groups is 1. The molecule has 1 saturated heterocycles. The predicted molar refractivity (Wildman–Crippen MR) is 122 cm³/mol. The van der Waals surface area contributed by atoms with Gasteiger partial charge in [0.1, 0.15) is 5.60 Å². The maximum absolute atomic E-state index is 12.2. The average molecular weight is 425 g/mol. The summed E-state index contributed by atoms with van der Waals surface area (Å²) in [4.78, 5) is 12.2. The molecular weight excluding hydrogens is 393 g/mol. The Hall–Kier alpha value is -2.58. The van der Waals surface area contributed by atoms with E-state index >= 15 is 0 Å². The molecule has 8 heteroatoms. The van der Waals surface area contributed by atoms with Crippen molar-refractivity contribution >= 4 is 19.3 Å². The van der Waals surface area contributed by atoms with Gasteiger partial charge in [0.05, 0.1) is 16.9 Å². The van der Waals surface area contributed by atoms with Crippen molar-refractivity contribution in [2.45, 2.75) is 65.3 Å². The number of carbonyl (C=O) groups excluding carboxylic acids is 1. The number of alkyl carbamates (subject to hydrolysis) is 1. The van der Waals surface area contributed by atoms with Gasteiger partial charge < -0.3 is 19.4 Å². The monoisotopic (exact) mass is 425 g/mol. The quantitative estimate of drug-likeness (QED) is 0.683. The van der Waals surface area contributed by atoms with Gasteiger partial charge in [-0.25, -0.2) is 4.79 Å². The van der Waals surface area contributed by atoms with Crippen molar-refractivity contribution in [1.29, 1.82) is 0 Å². The molecule has 1 aromatic heterocycles. The van der Waals surface area contributed by atoms with E-state index in [4.69, 9.17) is 14.0 Å². The number of hydrogen-bond acceptors (Lipinski definition) is 5. The van der Waals surface area contributed by atoms with Crippen LogP contribution in [0, 0.1) is 0 Å². The number of H-pyrrole nitrogens is 1. The lowest BCUT2D eigenvalue weighted by Crippen LogP contribution is -2.41. The molecule has 0 unspecified atom stereocenters. The fraction of sp³-hybridized carbons (Fsp3) is 0.478. The van der Waals surface area contributed by atoms with E-state index in [0.717, 1.165) is 22.3 Å². The molecule has 2 aromatic rings. The number of hydrogen-bond donors (Lipinski definition) is 2. The first kappa shape index (κ1) is 23.1. The Bertz CT molecular complexity index is 913. The van der Waals surface area contributed by atoms with Crippen molar-refractivity contribution in [3.8, 4) is 11.3 Å². The highest BCUT2D eigenvalue weighted by Crippen LogP contribution is 2.38. The summed E-state index contributed by atoms with van der Waals surface area (Å²) < 4.78 is 17.8. The van der Waals surface area contributed by atoms with Gasteiger partial charge in [-0.15, -0.1) is 0 Å². The molecule has 1 aromatic carbocycles. The number of nitrogens with one attached hydrogen (secondary N) is 2. The van der Waals surface area contributed by atoms with Crippen molar-refractivity contribution in [2.24, 2.45) is 0 Å². The Morgan fingerprint density at radius 3 is 2.26 bits per heavy atom. The Balaban J connectivity index is 1.82. The average Bonchev–Trinajstić information content (AvgIpc) is 3.24. The zero-order chi connectivity index (χ0) is 22.9. The highest BCUT2D eigenvalue weighted by molar-refractivity contribution is 6.56. The number of aromatic nitrogens is 2. The first-order valence-electron chi connectivity index (χ1n) is 10.5.